The third-order valence-corrected chi connectivity index (χ3v) is 0.997. The summed E-state index contributed by atoms with van der Waals surface area (Å²) < 4.78 is 4.76. The molecule has 1 unspecified atom stereocenters. The van der Waals surface area contributed by atoms with Crippen molar-refractivity contribution >= 4 is 0 Å². The Morgan fingerprint density at radius 3 is 2.31 bits per heavy atom. The lowest BCUT2D eigenvalue weighted by molar-refractivity contribution is 0.0976. The first kappa shape index (κ1) is 15.3. The molecule has 0 aromatic carbocycles. The third-order valence-electron chi connectivity index (χ3n) is 0.997. The van der Waals surface area contributed by atoms with Crippen molar-refractivity contribution in [3.05, 3.63) is 0 Å². The zero-order valence-electron chi connectivity index (χ0n) is 8.49. The number of aliphatic hydroxyl groups is 2. The van der Waals surface area contributed by atoms with Crippen molar-refractivity contribution < 1.29 is 14.9 Å². The van der Waals surface area contributed by atoms with Crippen LogP contribution in [0.2, 0.25) is 0 Å². The summed E-state index contributed by atoms with van der Waals surface area (Å²) in [6.45, 7) is 6.03. The van der Waals surface area contributed by atoms with Crippen LogP contribution in [0.3, 0.4) is 0 Å². The monoisotopic (exact) mass is 194 g/mol. The lowest BCUT2D eigenvalue weighted by Gasteiger charge is -2.00. The third kappa shape index (κ3) is 24.5. The van der Waals surface area contributed by atoms with Crippen LogP contribution in [0.15, 0.2) is 0 Å². The number of hydrogen-bond donors (Lipinski definition) is 4. The minimum atomic E-state index is -0.352. The standard InChI is InChI=1S/C4H11NO2.C4H11NO/c5-1-3-7-4-2-6;1-3-5-4(2)6/h6H,1-5H2;4-6H,3H2,1-2H3. The van der Waals surface area contributed by atoms with Crippen LogP contribution in [0.25, 0.3) is 0 Å². The summed E-state index contributed by atoms with van der Waals surface area (Å²) in [6, 6.07) is 0. The minimum Gasteiger partial charge on any atom is -0.394 e. The average Bonchev–Trinajstić information content (AvgIpc) is 2.06. The molecule has 0 aliphatic rings. The summed E-state index contributed by atoms with van der Waals surface area (Å²) in [5.74, 6) is 0. The molecule has 0 aliphatic heterocycles. The van der Waals surface area contributed by atoms with Crippen LogP contribution in [-0.4, -0.2) is 49.4 Å². The first-order valence-electron chi connectivity index (χ1n) is 4.49. The molecule has 0 aromatic heterocycles. The van der Waals surface area contributed by atoms with Crippen LogP contribution < -0.4 is 11.1 Å². The van der Waals surface area contributed by atoms with Crippen LogP contribution in [0.1, 0.15) is 13.8 Å². The summed E-state index contributed by atoms with van der Waals surface area (Å²) in [6.07, 6.45) is -0.352. The van der Waals surface area contributed by atoms with Crippen molar-refractivity contribution in [2.24, 2.45) is 5.73 Å². The van der Waals surface area contributed by atoms with Gasteiger partial charge in [-0.2, -0.15) is 0 Å². The predicted molar refractivity (Wildman–Crippen MR) is 52.3 cm³/mol. The van der Waals surface area contributed by atoms with Crippen molar-refractivity contribution in [1.29, 1.82) is 0 Å². The highest BCUT2D eigenvalue weighted by Crippen LogP contribution is 1.67. The van der Waals surface area contributed by atoms with Crippen LogP contribution >= 0.6 is 0 Å². The number of rotatable bonds is 6. The molecule has 0 saturated heterocycles. The molecule has 0 heterocycles. The van der Waals surface area contributed by atoms with Crippen molar-refractivity contribution in [2.45, 2.75) is 20.1 Å². The number of hydrogen-bond acceptors (Lipinski definition) is 5. The van der Waals surface area contributed by atoms with Gasteiger partial charge in [-0.15, -0.1) is 0 Å². The fourth-order valence-corrected chi connectivity index (χ4v) is 0.545. The molecule has 0 aliphatic carbocycles. The van der Waals surface area contributed by atoms with Gasteiger partial charge in [-0.3, -0.25) is 5.32 Å². The van der Waals surface area contributed by atoms with Gasteiger partial charge >= 0.3 is 0 Å². The summed E-state index contributed by atoms with van der Waals surface area (Å²) in [5, 5.41) is 19.3. The highest BCUT2D eigenvalue weighted by Gasteiger charge is 1.83. The molecular formula is C8H22N2O3. The van der Waals surface area contributed by atoms with Crippen molar-refractivity contribution in [2.75, 3.05) is 32.9 Å². The van der Waals surface area contributed by atoms with Gasteiger partial charge < -0.3 is 20.7 Å². The molecule has 0 bridgehead atoms. The Hall–Kier alpha value is -0.200. The maximum Gasteiger partial charge on any atom is 0.102 e. The van der Waals surface area contributed by atoms with E-state index < -0.39 is 0 Å². The van der Waals surface area contributed by atoms with Crippen LogP contribution in [0, 0.1) is 0 Å². The van der Waals surface area contributed by atoms with Gasteiger partial charge in [0.15, 0.2) is 0 Å². The van der Waals surface area contributed by atoms with Crippen LogP contribution in [0.5, 0.6) is 0 Å². The smallest absolute Gasteiger partial charge is 0.102 e. The van der Waals surface area contributed by atoms with Gasteiger partial charge in [-0.25, -0.2) is 0 Å². The molecule has 0 rings (SSSR count). The molecule has 5 nitrogen and oxygen atoms in total. The predicted octanol–water partition coefficient (Wildman–Crippen LogP) is -1.11. The van der Waals surface area contributed by atoms with E-state index in [2.05, 4.69) is 5.32 Å². The van der Waals surface area contributed by atoms with Gasteiger partial charge in [0, 0.05) is 6.54 Å². The Morgan fingerprint density at radius 2 is 2.08 bits per heavy atom. The Bertz CT molecular complexity index is 77.8. The zero-order chi connectivity index (χ0) is 10.5. The molecule has 0 spiro atoms. The van der Waals surface area contributed by atoms with Crippen molar-refractivity contribution in [3.8, 4) is 0 Å². The van der Waals surface area contributed by atoms with Crippen LogP contribution in [0.4, 0.5) is 0 Å². The number of nitrogens with one attached hydrogen (secondary N) is 1. The topological polar surface area (TPSA) is 87.7 Å². The van der Waals surface area contributed by atoms with Gasteiger partial charge in [0.05, 0.1) is 19.8 Å². The van der Waals surface area contributed by atoms with E-state index >= 15 is 0 Å². The molecule has 0 amide bonds. The molecule has 0 saturated carbocycles. The van der Waals surface area contributed by atoms with E-state index in [-0.39, 0.29) is 12.8 Å². The fourth-order valence-electron chi connectivity index (χ4n) is 0.545. The lowest BCUT2D eigenvalue weighted by Crippen LogP contribution is -2.24. The average molecular weight is 194 g/mol. The SMILES string of the molecule is CCNC(C)O.NCCOCCO. The molecule has 0 fully saturated rings. The first-order valence-corrected chi connectivity index (χ1v) is 4.49. The summed E-state index contributed by atoms with van der Waals surface area (Å²) in [4.78, 5) is 0. The molecule has 1 atom stereocenters. The second kappa shape index (κ2) is 14.3. The van der Waals surface area contributed by atoms with Gasteiger partial charge in [-0.1, -0.05) is 6.92 Å². The molecule has 82 valence electrons. The summed E-state index contributed by atoms with van der Waals surface area (Å²) in [5.41, 5.74) is 5.06. The van der Waals surface area contributed by atoms with Gasteiger partial charge in [0.25, 0.3) is 0 Å². The summed E-state index contributed by atoms with van der Waals surface area (Å²) in [7, 11) is 0. The van der Waals surface area contributed by atoms with Crippen molar-refractivity contribution in [3.63, 3.8) is 0 Å². The molecule has 5 heteroatoms. The lowest BCUT2D eigenvalue weighted by atomic mass is 10.6. The van der Waals surface area contributed by atoms with E-state index in [4.69, 9.17) is 20.7 Å². The number of nitrogens with two attached hydrogens (primary N) is 1. The second-order valence-electron chi connectivity index (χ2n) is 2.36. The summed E-state index contributed by atoms with van der Waals surface area (Å²) >= 11 is 0. The highest BCUT2D eigenvalue weighted by atomic mass is 16.5. The van der Waals surface area contributed by atoms with Gasteiger partial charge in [-0.05, 0) is 13.5 Å². The van der Waals surface area contributed by atoms with E-state index in [1.54, 1.807) is 6.92 Å². The largest absolute Gasteiger partial charge is 0.394 e. The Morgan fingerprint density at radius 1 is 1.46 bits per heavy atom. The molecular weight excluding hydrogens is 172 g/mol. The zero-order valence-corrected chi connectivity index (χ0v) is 8.49. The Kier molecular flexibility index (Phi) is 16.8. The quantitative estimate of drug-likeness (QED) is 0.318. The number of ether oxygens (including phenoxy) is 1. The molecule has 0 aromatic rings. The van der Waals surface area contributed by atoms with E-state index in [1.165, 1.54) is 0 Å². The van der Waals surface area contributed by atoms with E-state index in [9.17, 15) is 0 Å². The first-order chi connectivity index (χ1) is 6.18. The maximum absolute atomic E-state index is 8.44. The minimum absolute atomic E-state index is 0.0833. The molecule has 13 heavy (non-hydrogen) atoms. The Balaban J connectivity index is 0. The van der Waals surface area contributed by atoms with Crippen LogP contribution in [-0.2, 0) is 4.74 Å². The molecule has 5 N–H and O–H groups in total. The number of aliphatic hydroxyl groups excluding tert-OH is 2. The van der Waals surface area contributed by atoms with E-state index in [0.29, 0.717) is 19.8 Å². The fraction of sp³-hybridized carbons (Fsp3) is 1.00. The maximum atomic E-state index is 8.44. The normalized spacial score (nSPS) is 11.8. The highest BCUT2D eigenvalue weighted by molar-refractivity contribution is 4.36. The van der Waals surface area contributed by atoms with E-state index in [0.717, 1.165) is 6.54 Å². The molecule has 0 radical (unpaired) electrons. The Labute approximate surface area is 79.9 Å². The van der Waals surface area contributed by atoms with Gasteiger partial charge in [0.2, 0.25) is 0 Å². The second-order valence-corrected chi connectivity index (χ2v) is 2.36. The van der Waals surface area contributed by atoms with Crippen molar-refractivity contribution in [1.82, 2.24) is 5.32 Å². The van der Waals surface area contributed by atoms with Gasteiger partial charge in [0.1, 0.15) is 6.23 Å². The van der Waals surface area contributed by atoms with E-state index in [1.807, 2.05) is 6.92 Å².